The minimum atomic E-state index is -0.480. The number of aliphatic hydroxyl groups is 2. The molecule has 1 aromatic carbocycles. The second-order valence-electron chi connectivity index (χ2n) is 5.95. The van der Waals surface area contributed by atoms with Crippen molar-refractivity contribution in [3.63, 3.8) is 0 Å². The number of nitrogens with zero attached hydrogens (tertiary/aromatic N) is 1. The number of halogens is 1. The van der Waals surface area contributed by atoms with E-state index >= 15 is 0 Å². The largest absolute Gasteiger partial charge is 0.394 e. The summed E-state index contributed by atoms with van der Waals surface area (Å²) in [6.45, 7) is 7.24. The number of morpholine rings is 1. The van der Waals surface area contributed by atoms with E-state index in [9.17, 15) is 10.2 Å². The SMILES string of the molecule is C[C@H](O)c1ccc(N2CC(CO)OC(C)(C)C2)c(Br)c1. The van der Waals surface area contributed by atoms with E-state index in [1.165, 1.54) is 0 Å². The third kappa shape index (κ3) is 3.52. The molecule has 0 amide bonds. The maximum absolute atomic E-state index is 9.63. The number of ether oxygens (including phenoxy) is 1. The van der Waals surface area contributed by atoms with Crippen LogP contribution in [0.3, 0.4) is 0 Å². The highest BCUT2D eigenvalue weighted by Crippen LogP contribution is 2.33. The lowest BCUT2D eigenvalue weighted by molar-refractivity contribution is -0.101. The van der Waals surface area contributed by atoms with Gasteiger partial charge in [-0.15, -0.1) is 0 Å². The van der Waals surface area contributed by atoms with Crippen LogP contribution in [-0.2, 0) is 4.74 Å². The predicted octanol–water partition coefficient (Wildman–Crippen LogP) is 2.48. The maximum Gasteiger partial charge on any atom is 0.0988 e. The Morgan fingerprint density at radius 2 is 2.20 bits per heavy atom. The van der Waals surface area contributed by atoms with E-state index in [-0.39, 0.29) is 18.3 Å². The van der Waals surface area contributed by atoms with Gasteiger partial charge >= 0.3 is 0 Å². The molecule has 1 heterocycles. The van der Waals surface area contributed by atoms with Crippen LogP contribution >= 0.6 is 15.9 Å². The third-order valence-corrected chi connectivity index (χ3v) is 4.11. The van der Waals surface area contributed by atoms with Gasteiger partial charge in [0, 0.05) is 17.6 Å². The minimum absolute atomic E-state index is 0.0172. The molecule has 112 valence electrons. The molecule has 1 unspecified atom stereocenters. The van der Waals surface area contributed by atoms with Crippen molar-refractivity contribution in [2.24, 2.45) is 0 Å². The van der Waals surface area contributed by atoms with Crippen molar-refractivity contribution in [3.05, 3.63) is 28.2 Å². The van der Waals surface area contributed by atoms with Gasteiger partial charge in [0.2, 0.25) is 0 Å². The second kappa shape index (κ2) is 6.02. The van der Waals surface area contributed by atoms with Crippen molar-refractivity contribution in [2.45, 2.75) is 38.6 Å². The zero-order valence-corrected chi connectivity index (χ0v) is 13.7. The lowest BCUT2D eigenvalue weighted by atomic mass is 10.0. The first-order chi connectivity index (χ1) is 9.32. The molecule has 20 heavy (non-hydrogen) atoms. The van der Waals surface area contributed by atoms with Crippen molar-refractivity contribution >= 4 is 21.6 Å². The Kier molecular flexibility index (Phi) is 4.74. The van der Waals surface area contributed by atoms with Crippen LogP contribution in [-0.4, -0.2) is 41.6 Å². The Hall–Kier alpha value is -0.620. The zero-order valence-electron chi connectivity index (χ0n) is 12.1. The molecule has 4 nitrogen and oxygen atoms in total. The van der Waals surface area contributed by atoms with Crippen LogP contribution in [0, 0.1) is 0 Å². The number of rotatable bonds is 3. The van der Waals surface area contributed by atoms with Gasteiger partial charge in [0.15, 0.2) is 0 Å². The van der Waals surface area contributed by atoms with E-state index in [1.807, 2.05) is 32.0 Å². The topological polar surface area (TPSA) is 52.9 Å². The predicted molar refractivity (Wildman–Crippen MR) is 83.0 cm³/mol. The first-order valence-corrected chi connectivity index (χ1v) is 7.63. The maximum atomic E-state index is 9.63. The quantitative estimate of drug-likeness (QED) is 0.885. The fourth-order valence-electron chi connectivity index (χ4n) is 2.61. The molecule has 1 fully saturated rings. The average molecular weight is 344 g/mol. The van der Waals surface area contributed by atoms with Gasteiger partial charge in [-0.1, -0.05) is 6.07 Å². The van der Waals surface area contributed by atoms with E-state index in [0.29, 0.717) is 6.54 Å². The Bertz CT molecular complexity index is 476. The summed E-state index contributed by atoms with van der Waals surface area (Å²) in [4.78, 5) is 2.21. The Morgan fingerprint density at radius 3 is 2.75 bits per heavy atom. The monoisotopic (exact) mass is 343 g/mol. The van der Waals surface area contributed by atoms with Crippen molar-refractivity contribution in [1.29, 1.82) is 0 Å². The van der Waals surface area contributed by atoms with Gasteiger partial charge < -0.3 is 19.8 Å². The average Bonchev–Trinajstić information content (AvgIpc) is 2.36. The molecular weight excluding hydrogens is 322 g/mol. The Labute approximate surface area is 128 Å². The third-order valence-electron chi connectivity index (χ3n) is 3.48. The first-order valence-electron chi connectivity index (χ1n) is 6.83. The van der Waals surface area contributed by atoms with E-state index in [4.69, 9.17) is 4.74 Å². The lowest BCUT2D eigenvalue weighted by Gasteiger charge is -2.43. The van der Waals surface area contributed by atoms with E-state index in [2.05, 4.69) is 20.8 Å². The van der Waals surface area contributed by atoms with Gasteiger partial charge in [0.05, 0.1) is 30.1 Å². The molecule has 1 aliphatic heterocycles. The van der Waals surface area contributed by atoms with Crippen molar-refractivity contribution in [1.82, 2.24) is 0 Å². The summed E-state index contributed by atoms with van der Waals surface area (Å²) in [6, 6.07) is 5.87. The highest BCUT2D eigenvalue weighted by molar-refractivity contribution is 9.10. The number of hydrogen-bond donors (Lipinski definition) is 2. The highest BCUT2D eigenvalue weighted by atomic mass is 79.9. The molecular formula is C15H22BrNO3. The van der Waals surface area contributed by atoms with Crippen molar-refractivity contribution < 1.29 is 14.9 Å². The Balaban J connectivity index is 2.26. The van der Waals surface area contributed by atoms with Gasteiger partial charge in [-0.2, -0.15) is 0 Å². The van der Waals surface area contributed by atoms with Crippen LogP contribution in [0.5, 0.6) is 0 Å². The highest BCUT2D eigenvalue weighted by Gasteiger charge is 2.33. The number of aliphatic hydroxyl groups excluding tert-OH is 2. The summed E-state index contributed by atoms with van der Waals surface area (Å²) < 4.78 is 6.78. The molecule has 0 aliphatic carbocycles. The number of hydrogen-bond acceptors (Lipinski definition) is 4. The molecule has 5 heteroatoms. The van der Waals surface area contributed by atoms with Gasteiger partial charge in [-0.25, -0.2) is 0 Å². The van der Waals surface area contributed by atoms with E-state index in [1.54, 1.807) is 6.92 Å². The molecule has 0 spiro atoms. The molecule has 1 aromatic rings. The van der Waals surface area contributed by atoms with Crippen LogP contribution in [0.15, 0.2) is 22.7 Å². The first kappa shape index (κ1) is 15.8. The van der Waals surface area contributed by atoms with Crippen LogP contribution < -0.4 is 4.90 Å². The van der Waals surface area contributed by atoms with Crippen LogP contribution in [0.4, 0.5) is 5.69 Å². The Morgan fingerprint density at radius 1 is 1.50 bits per heavy atom. The van der Waals surface area contributed by atoms with Gasteiger partial charge in [0.25, 0.3) is 0 Å². The summed E-state index contributed by atoms with van der Waals surface area (Å²) in [7, 11) is 0. The van der Waals surface area contributed by atoms with Gasteiger partial charge in [-0.05, 0) is 54.4 Å². The standard InChI is InChI=1S/C15H22BrNO3/c1-10(19)11-4-5-14(13(16)6-11)17-7-12(8-18)20-15(2,3)9-17/h4-6,10,12,18-19H,7-9H2,1-3H3/t10-,12?/m0/s1. The van der Waals surface area contributed by atoms with Crippen LogP contribution in [0.2, 0.25) is 0 Å². The lowest BCUT2D eigenvalue weighted by Crippen LogP contribution is -2.54. The summed E-state index contributed by atoms with van der Waals surface area (Å²) in [5.74, 6) is 0. The molecule has 1 aliphatic rings. The van der Waals surface area contributed by atoms with E-state index in [0.717, 1.165) is 22.3 Å². The van der Waals surface area contributed by atoms with Crippen molar-refractivity contribution in [2.75, 3.05) is 24.6 Å². The van der Waals surface area contributed by atoms with Crippen LogP contribution in [0.1, 0.15) is 32.4 Å². The summed E-state index contributed by atoms with van der Waals surface area (Å²) in [6.07, 6.45) is -0.659. The summed E-state index contributed by atoms with van der Waals surface area (Å²) in [5.41, 5.74) is 1.64. The second-order valence-corrected chi connectivity index (χ2v) is 6.80. The molecule has 2 rings (SSSR count). The molecule has 0 aromatic heterocycles. The molecule has 0 saturated carbocycles. The molecule has 2 N–H and O–H groups in total. The number of benzene rings is 1. The zero-order chi connectivity index (χ0) is 14.9. The molecule has 0 radical (unpaired) electrons. The molecule has 2 atom stereocenters. The van der Waals surface area contributed by atoms with Crippen LogP contribution in [0.25, 0.3) is 0 Å². The summed E-state index contributed by atoms with van der Waals surface area (Å²) >= 11 is 3.57. The molecule has 1 saturated heterocycles. The fourth-order valence-corrected chi connectivity index (χ4v) is 3.26. The van der Waals surface area contributed by atoms with Crippen molar-refractivity contribution in [3.8, 4) is 0 Å². The fraction of sp³-hybridized carbons (Fsp3) is 0.600. The molecule has 0 bridgehead atoms. The van der Waals surface area contributed by atoms with Gasteiger partial charge in [-0.3, -0.25) is 0 Å². The normalized spacial score (nSPS) is 23.7. The van der Waals surface area contributed by atoms with E-state index < -0.39 is 6.10 Å². The minimum Gasteiger partial charge on any atom is -0.394 e. The number of anilines is 1. The van der Waals surface area contributed by atoms with Gasteiger partial charge in [0.1, 0.15) is 0 Å². The smallest absolute Gasteiger partial charge is 0.0988 e. The summed E-state index contributed by atoms with van der Waals surface area (Å²) in [5, 5.41) is 19.0.